The van der Waals surface area contributed by atoms with Crippen LogP contribution in [0, 0.1) is 23.7 Å². The van der Waals surface area contributed by atoms with Crippen molar-refractivity contribution in [2.75, 3.05) is 13.6 Å². The molecule has 1 N–H and O–H groups in total. The highest BCUT2D eigenvalue weighted by Gasteiger charge is 2.11. The van der Waals surface area contributed by atoms with Crippen LogP contribution in [-0.4, -0.2) is 33.4 Å². The van der Waals surface area contributed by atoms with Crippen LogP contribution in [0.5, 0.6) is 0 Å². The third-order valence-electron chi connectivity index (χ3n) is 3.30. The standard InChI is InChI=1S/C17H18N4O/c1-3-8-21-12-15(10-19-21)11-20(2)13-17(22)16-6-4-14(9-18)5-7-16/h1,4-7,10,12,17,22H,8,11,13H2,2H3. The van der Waals surface area contributed by atoms with Crippen molar-refractivity contribution in [3.05, 3.63) is 53.3 Å². The van der Waals surface area contributed by atoms with E-state index in [1.54, 1.807) is 35.1 Å². The summed E-state index contributed by atoms with van der Waals surface area (Å²) in [6.07, 6.45) is 8.34. The Kier molecular flexibility index (Phi) is 5.32. The minimum Gasteiger partial charge on any atom is -0.387 e. The smallest absolute Gasteiger partial charge is 0.101 e. The van der Waals surface area contributed by atoms with Crippen molar-refractivity contribution in [1.29, 1.82) is 5.26 Å². The second-order valence-corrected chi connectivity index (χ2v) is 5.20. The SMILES string of the molecule is C#CCn1cc(CN(C)CC(O)c2ccc(C#N)cc2)cn1. The summed E-state index contributed by atoms with van der Waals surface area (Å²) >= 11 is 0. The first-order chi connectivity index (χ1) is 10.6. The van der Waals surface area contributed by atoms with Crippen LogP contribution in [-0.2, 0) is 13.1 Å². The van der Waals surface area contributed by atoms with Gasteiger partial charge in [0.1, 0.15) is 6.54 Å². The lowest BCUT2D eigenvalue weighted by atomic mass is 10.1. The van der Waals surface area contributed by atoms with Crippen molar-refractivity contribution >= 4 is 0 Å². The van der Waals surface area contributed by atoms with E-state index in [4.69, 9.17) is 11.7 Å². The van der Waals surface area contributed by atoms with Gasteiger partial charge in [0.2, 0.25) is 0 Å². The molecule has 1 aromatic heterocycles. The summed E-state index contributed by atoms with van der Waals surface area (Å²) in [5.41, 5.74) is 2.43. The fourth-order valence-electron chi connectivity index (χ4n) is 2.22. The van der Waals surface area contributed by atoms with Crippen LogP contribution in [0.25, 0.3) is 0 Å². The molecule has 0 bridgehead atoms. The van der Waals surface area contributed by atoms with Crippen LogP contribution in [0.1, 0.15) is 22.8 Å². The molecule has 0 spiro atoms. The second kappa shape index (κ2) is 7.42. The Hall–Kier alpha value is -2.60. The molecule has 0 radical (unpaired) electrons. The lowest BCUT2D eigenvalue weighted by Crippen LogP contribution is -2.24. The van der Waals surface area contributed by atoms with Gasteiger partial charge in [-0.05, 0) is 24.7 Å². The van der Waals surface area contributed by atoms with E-state index in [1.165, 1.54) is 0 Å². The lowest BCUT2D eigenvalue weighted by molar-refractivity contribution is 0.124. The van der Waals surface area contributed by atoms with Gasteiger partial charge in [-0.3, -0.25) is 9.58 Å². The maximum absolute atomic E-state index is 10.3. The van der Waals surface area contributed by atoms with Gasteiger partial charge in [-0.2, -0.15) is 10.4 Å². The number of nitriles is 1. The zero-order chi connectivity index (χ0) is 15.9. The minimum absolute atomic E-state index is 0.456. The largest absolute Gasteiger partial charge is 0.387 e. The summed E-state index contributed by atoms with van der Waals surface area (Å²) in [5.74, 6) is 2.54. The first-order valence-electron chi connectivity index (χ1n) is 6.94. The average molecular weight is 294 g/mol. The molecule has 5 heteroatoms. The summed E-state index contributed by atoms with van der Waals surface area (Å²) in [4.78, 5) is 2.01. The number of hydrogen-bond donors (Lipinski definition) is 1. The van der Waals surface area contributed by atoms with Crippen LogP contribution >= 0.6 is 0 Å². The van der Waals surface area contributed by atoms with Crippen molar-refractivity contribution in [2.45, 2.75) is 19.2 Å². The van der Waals surface area contributed by atoms with E-state index in [0.29, 0.717) is 25.2 Å². The molecule has 112 valence electrons. The lowest BCUT2D eigenvalue weighted by Gasteiger charge is -2.20. The summed E-state index contributed by atoms with van der Waals surface area (Å²) in [6, 6.07) is 9.04. The van der Waals surface area contributed by atoms with Gasteiger partial charge in [0.25, 0.3) is 0 Å². The van der Waals surface area contributed by atoms with Gasteiger partial charge in [0.05, 0.1) is 23.9 Å². The fraction of sp³-hybridized carbons (Fsp3) is 0.294. The second-order valence-electron chi connectivity index (χ2n) is 5.20. The molecule has 0 saturated carbocycles. The first kappa shape index (κ1) is 15.8. The molecule has 1 aromatic carbocycles. The number of likely N-dealkylation sites (N-methyl/N-ethyl adjacent to an activating group) is 1. The van der Waals surface area contributed by atoms with Crippen molar-refractivity contribution < 1.29 is 5.11 Å². The van der Waals surface area contributed by atoms with Gasteiger partial charge in [0, 0.05) is 24.8 Å². The first-order valence-corrected chi connectivity index (χ1v) is 6.94. The van der Waals surface area contributed by atoms with Crippen LogP contribution in [0.4, 0.5) is 0 Å². The molecule has 1 heterocycles. The van der Waals surface area contributed by atoms with E-state index >= 15 is 0 Å². The molecule has 5 nitrogen and oxygen atoms in total. The molecule has 0 aliphatic rings. The Labute approximate surface area is 130 Å². The molecular formula is C17H18N4O. The predicted molar refractivity (Wildman–Crippen MR) is 83.5 cm³/mol. The monoisotopic (exact) mass is 294 g/mol. The number of aromatic nitrogens is 2. The van der Waals surface area contributed by atoms with Gasteiger partial charge in [0.15, 0.2) is 0 Å². The molecular weight excluding hydrogens is 276 g/mol. The van der Waals surface area contributed by atoms with Gasteiger partial charge in [-0.15, -0.1) is 6.42 Å². The molecule has 0 saturated heterocycles. The van der Waals surface area contributed by atoms with Crippen LogP contribution in [0.15, 0.2) is 36.7 Å². The zero-order valence-electron chi connectivity index (χ0n) is 12.5. The summed E-state index contributed by atoms with van der Waals surface area (Å²) in [5, 5.41) is 23.2. The molecule has 0 aliphatic heterocycles. The van der Waals surface area contributed by atoms with Gasteiger partial charge in [-0.25, -0.2) is 0 Å². The molecule has 0 amide bonds. The summed E-state index contributed by atoms with van der Waals surface area (Å²) in [6.45, 7) is 1.63. The maximum atomic E-state index is 10.3. The van der Waals surface area contributed by atoms with Crippen molar-refractivity contribution in [3.8, 4) is 18.4 Å². The Morgan fingerprint density at radius 2 is 2.14 bits per heavy atom. The van der Waals surface area contributed by atoms with Crippen LogP contribution in [0.2, 0.25) is 0 Å². The van der Waals surface area contributed by atoms with E-state index in [2.05, 4.69) is 17.1 Å². The summed E-state index contributed by atoms with van der Waals surface area (Å²) < 4.78 is 1.71. The van der Waals surface area contributed by atoms with Crippen molar-refractivity contribution in [3.63, 3.8) is 0 Å². The van der Waals surface area contributed by atoms with E-state index in [1.807, 2.05) is 18.1 Å². The average Bonchev–Trinajstić information content (AvgIpc) is 2.94. The normalized spacial score (nSPS) is 11.9. The van der Waals surface area contributed by atoms with Gasteiger partial charge < -0.3 is 5.11 Å². The number of terminal acetylenes is 1. The van der Waals surface area contributed by atoms with Crippen LogP contribution < -0.4 is 0 Å². The summed E-state index contributed by atoms with van der Waals surface area (Å²) in [7, 11) is 1.94. The quantitative estimate of drug-likeness (QED) is 0.821. The van der Waals surface area contributed by atoms with Crippen LogP contribution in [0.3, 0.4) is 0 Å². The third kappa shape index (κ3) is 4.20. The number of benzene rings is 1. The predicted octanol–water partition coefficient (Wildman–Crippen LogP) is 1.55. The molecule has 22 heavy (non-hydrogen) atoms. The highest BCUT2D eigenvalue weighted by atomic mass is 16.3. The zero-order valence-corrected chi connectivity index (χ0v) is 12.5. The molecule has 1 unspecified atom stereocenters. The molecule has 0 fully saturated rings. The number of hydrogen-bond acceptors (Lipinski definition) is 4. The number of aliphatic hydroxyl groups is 1. The van der Waals surface area contributed by atoms with Gasteiger partial charge >= 0.3 is 0 Å². The van der Waals surface area contributed by atoms with Crippen molar-refractivity contribution in [1.82, 2.24) is 14.7 Å². The van der Waals surface area contributed by atoms with E-state index in [9.17, 15) is 5.11 Å². The van der Waals surface area contributed by atoms with E-state index < -0.39 is 6.10 Å². The topological polar surface area (TPSA) is 65.1 Å². The third-order valence-corrected chi connectivity index (χ3v) is 3.30. The highest BCUT2D eigenvalue weighted by Crippen LogP contribution is 2.15. The molecule has 0 aliphatic carbocycles. The minimum atomic E-state index is -0.599. The maximum Gasteiger partial charge on any atom is 0.101 e. The Morgan fingerprint density at radius 3 is 2.77 bits per heavy atom. The Balaban J connectivity index is 1.91. The van der Waals surface area contributed by atoms with Gasteiger partial charge in [-0.1, -0.05) is 18.1 Å². The number of aliphatic hydroxyl groups excluding tert-OH is 1. The van der Waals surface area contributed by atoms with E-state index in [-0.39, 0.29) is 0 Å². The molecule has 1 atom stereocenters. The highest BCUT2D eigenvalue weighted by molar-refractivity contribution is 5.32. The Morgan fingerprint density at radius 1 is 1.41 bits per heavy atom. The molecule has 2 rings (SSSR count). The Bertz CT molecular complexity index is 691. The van der Waals surface area contributed by atoms with Crippen molar-refractivity contribution in [2.24, 2.45) is 0 Å². The molecule has 2 aromatic rings. The fourth-order valence-corrected chi connectivity index (χ4v) is 2.22. The van der Waals surface area contributed by atoms with E-state index in [0.717, 1.165) is 11.1 Å². The number of rotatable bonds is 6. The number of nitrogens with zero attached hydrogens (tertiary/aromatic N) is 4.